The lowest BCUT2D eigenvalue weighted by molar-refractivity contribution is 0.0735. The monoisotopic (exact) mass is 357 g/mol. The van der Waals surface area contributed by atoms with E-state index in [1.54, 1.807) is 33.6 Å². The van der Waals surface area contributed by atoms with Gasteiger partial charge in [-0.1, -0.05) is 0 Å². The number of nitrogens with one attached hydrogen (secondary N) is 1. The number of hydrogen-bond acceptors (Lipinski definition) is 5. The van der Waals surface area contributed by atoms with Crippen molar-refractivity contribution in [2.45, 2.75) is 19.9 Å². The standard InChI is InChI=1S/C17H15N3O2S2/c1-10-19-13(9-23-10)15-6-12-8-20(5-3-14(12)24-15)17(22)11-2-4-18-16(21)7-11/h2,4,6-7,9H,3,5,8H2,1H3,(H,18,21). The number of thiophene rings is 1. The van der Waals surface area contributed by atoms with Crippen LogP contribution >= 0.6 is 22.7 Å². The van der Waals surface area contributed by atoms with Gasteiger partial charge in [0.15, 0.2) is 0 Å². The molecule has 1 aliphatic heterocycles. The number of carbonyl (C=O) groups is 1. The molecule has 1 aliphatic rings. The molecule has 0 spiro atoms. The number of thiazole rings is 1. The van der Waals surface area contributed by atoms with Crippen LogP contribution in [0.2, 0.25) is 0 Å². The van der Waals surface area contributed by atoms with Gasteiger partial charge in [0.2, 0.25) is 5.56 Å². The van der Waals surface area contributed by atoms with E-state index in [1.165, 1.54) is 22.7 Å². The van der Waals surface area contributed by atoms with Gasteiger partial charge in [0.25, 0.3) is 5.91 Å². The van der Waals surface area contributed by atoms with Crippen molar-refractivity contribution in [3.63, 3.8) is 0 Å². The second-order valence-electron chi connectivity index (χ2n) is 5.73. The van der Waals surface area contributed by atoms with Gasteiger partial charge in [0, 0.05) is 41.2 Å². The first-order valence-electron chi connectivity index (χ1n) is 7.62. The van der Waals surface area contributed by atoms with Crippen molar-refractivity contribution in [1.29, 1.82) is 0 Å². The minimum atomic E-state index is -0.254. The van der Waals surface area contributed by atoms with E-state index in [0.29, 0.717) is 18.7 Å². The molecule has 24 heavy (non-hydrogen) atoms. The average molecular weight is 357 g/mol. The average Bonchev–Trinajstić information content (AvgIpc) is 3.19. The maximum atomic E-state index is 12.6. The van der Waals surface area contributed by atoms with Crippen molar-refractivity contribution >= 4 is 28.6 Å². The number of H-pyrrole nitrogens is 1. The lowest BCUT2D eigenvalue weighted by atomic mass is 10.1. The second-order valence-corrected chi connectivity index (χ2v) is 7.93. The summed E-state index contributed by atoms with van der Waals surface area (Å²) < 4.78 is 0. The second kappa shape index (κ2) is 5.99. The molecule has 0 aromatic carbocycles. The molecule has 0 aliphatic carbocycles. The number of fused-ring (bicyclic) bond motifs is 1. The third-order valence-electron chi connectivity index (χ3n) is 4.05. The van der Waals surface area contributed by atoms with Gasteiger partial charge in [0.1, 0.15) is 0 Å². The number of aromatic amines is 1. The van der Waals surface area contributed by atoms with Crippen LogP contribution in [0.1, 0.15) is 25.8 Å². The molecule has 0 saturated carbocycles. The highest BCUT2D eigenvalue weighted by atomic mass is 32.1. The van der Waals surface area contributed by atoms with Crippen molar-refractivity contribution < 1.29 is 4.79 Å². The van der Waals surface area contributed by atoms with E-state index in [-0.39, 0.29) is 11.5 Å². The maximum absolute atomic E-state index is 12.6. The first-order chi connectivity index (χ1) is 11.6. The number of aromatic nitrogens is 2. The van der Waals surface area contributed by atoms with Gasteiger partial charge in [-0.2, -0.15) is 0 Å². The van der Waals surface area contributed by atoms with Crippen LogP contribution in [-0.2, 0) is 13.0 Å². The Morgan fingerprint density at radius 1 is 1.38 bits per heavy atom. The van der Waals surface area contributed by atoms with Crippen LogP contribution in [0.15, 0.2) is 34.6 Å². The fourth-order valence-electron chi connectivity index (χ4n) is 2.87. The largest absolute Gasteiger partial charge is 0.334 e. The summed E-state index contributed by atoms with van der Waals surface area (Å²) in [5, 5.41) is 3.13. The zero-order valence-corrected chi connectivity index (χ0v) is 14.7. The van der Waals surface area contributed by atoms with E-state index in [4.69, 9.17) is 0 Å². The van der Waals surface area contributed by atoms with E-state index in [1.807, 2.05) is 6.92 Å². The molecule has 0 radical (unpaired) electrons. The number of nitrogens with zero attached hydrogens (tertiary/aromatic N) is 2. The van der Waals surface area contributed by atoms with E-state index < -0.39 is 0 Å². The molecule has 122 valence electrons. The van der Waals surface area contributed by atoms with Crippen LogP contribution in [0.25, 0.3) is 10.6 Å². The smallest absolute Gasteiger partial charge is 0.254 e. The lowest BCUT2D eigenvalue weighted by Gasteiger charge is -2.26. The first kappa shape index (κ1) is 15.3. The third kappa shape index (κ3) is 2.81. The van der Waals surface area contributed by atoms with Gasteiger partial charge in [-0.25, -0.2) is 4.98 Å². The Hall–Kier alpha value is -2.25. The van der Waals surface area contributed by atoms with E-state index in [0.717, 1.165) is 22.0 Å². The van der Waals surface area contributed by atoms with Crippen LogP contribution in [-0.4, -0.2) is 27.3 Å². The Morgan fingerprint density at radius 2 is 2.25 bits per heavy atom. The molecule has 1 N–H and O–H groups in total. The Labute approximate surface area is 146 Å². The number of pyridine rings is 1. The van der Waals surface area contributed by atoms with Crippen LogP contribution in [0.5, 0.6) is 0 Å². The molecule has 0 saturated heterocycles. The van der Waals surface area contributed by atoms with Crippen molar-refractivity contribution in [2.24, 2.45) is 0 Å². The van der Waals surface area contributed by atoms with Crippen LogP contribution in [0.3, 0.4) is 0 Å². The van der Waals surface area contributed by atoms with Gasteiger partial charge in [0.05, 0.1) is 15.6 Å². The Bertz CT molecular complexity index is 970. The molecule has 0 unspecified atom stereocenters. The molecule has 1 amide bonds. The summed E-state index contributed by atoms with van der Waals surface area (Å²) in [6, 6.07) is 5.15. The highest BCUT2D eigenvalue weighted by Gasteiger charge is 2.24. The maximum Gasteiger partial charge on any atom is 0.254 e. The normalized spacial score (nSPS) is 13.8. The third-order valence-corrected chi connectivity index (χ3v) is 6.08. The van der Waals surface area contributed by atoms with Crippen LogP contribution in [0.4, 0.5) is 0 Å². The van der Waals surface area contributed by atoms with Gasteiger partial charge >= 0.3 is 0 Å². The number of hydrogen-bond donors (Lipinski definition) is 1. The van der Waals surface area contributed by atoms with Gasteiger partial charge in [-0.05, 0) is 31.0 Å². The molecule has 3 aromatic heterocycles. The van der Waals surface area contributed by atoms with Crippen molar-refractivity contribution in [3.8, 4) is 10.6 Å². The zero-order chi connectivity index (χ0) is 16.7. The lowest BCUT2D eigenvalue weighted by Crippen LogP contribution is -2.35. The van der Waals surface area contributed by atoms with Gasteiger partial charge in [-0.15, -0.1) is 22.7 Å². The number of carbonyl (C=O) groups excluding carboxylic acids is 1. The fraction of sp³-hybridized carbons (Fsp3) is 0.235. The Kier molecular flexibility index (Phi) is 3.82. The predicted molar refractivity (Wildman–Crippen MR) is 95.7 cm³/mol. The molecular weight excluding hydrogens is 342 g/mol. The van der Waals surface area contributed by atoms with Crippen molar-refractivity contribution in [2.75, 3.05) is 6.54 Å². The molecule has 3 aromatic rings. The fourth-order valence-corrected chi connectivity index (χ4v) is 4.68. The van der Waals surface area contributed by atoms with Crippen molar-refractivity contribution in [1.82, 2.24) is 14.9 Å². The van der Waals surface area contributed by atoms with Crippen LogP contribution in [0, 0.1) is 6.92 Å². The number of aryl methyl sites for hydroxylation is 1. The Morgan fingerprint density at radius 3 is 3.00 bits per heavy atom. The molecule has 5 nitrogen and oxygen atoms in total. The molecular formula is C17H15N3O2S2. The molecule has 0 bridgehead atoms. The summed E-state index contributed by atoms with van der Waals surface area (Å²) in [6.07, 6.45) is 2.36. The van der Waals surface area contributed by atoms with Crippen molar-refractivity contribution in [3.05, 3.63) is 61.1 Å². The quantitative estimate of drug-likeness (QED) is 0.766. The molecule has 0 atom stereocenters. The minimum Gasteiger partial charge on any atom is -0.334 e. The minimum absolute atomic E-state index is 0.0935. The SMILES string of the molecule is Cc1nc(-c2cc3c(s2)CCN(C(=O)c2cc[nH]c(=O)c2)C3)cs1. The topological polar surface area (TPSA) is 66.1 Å². The summed E-state index contributed by atoms with van der Waals surface area (Å²) in [4.78, 5) is 35.4. The van der Waals surface area contributed by atoms with E-state index in [9.17, 15) is 9.59 Å². The summed E-state index contributed by atoms with van der Waals surface area (Å²) in [7, 11) is 0. The first-order valence-corrected chi connectivity index (χ1v) is 9.32. The molecule has 7 heteroatoms. The van der Waals surface area contributed by atoms with E-state index >= 15 is 0 Å². The summed E-state index contributed by atoms with van der Waals surface area (Å²) in [5.74, 6) is -0.0935. The van der Waals surface area contributed by atoms with E-state index in [2.05, 4.69) is 21.4 Å². The Balaban J connectivity index is 1.58. The van der Waals surface area contributed by atoms with Gasteiger partial charge < -0.3 is 9.88 Å². The van der Waals surface area contributed by atoms with Crippen LogP contribution < -0.4 is 5.56 Å². The molecule has 0 fully saturated rings. The number of amides is 1. The molecule has 4 heterocycles. The molecule has 4 rings (SSSR count). The highest BCUT2D eigenvalue weighted by molar-refractivity contribution is 7.16. The highest BCUT2D eigenvalue weighted by Crippen LogP contribution is 2.35. The van der Waals surface area contributed by atoms with Gasteiger partial charge in [-0.3, -0.25) is 9.59 Å². The summed E-state index contributed by atoms with van der Waals surface area (Å²) >= 11 is 3.41. The predicted octanol–water partition coefficient (Wildman–Crippen LogP) is 3.07. The number of rotatable bonds is 2. The zero-order valence-electron chi connectivity index (χ0n) is 13.0. The summed E-state index contributed by atoms with van der Waals surface area (Å²) in [5.41, 5.74) is 2.39. The summed E-state index contributed by atoms with van der Waals surface area (Å²) in [6.45, 7) is 3.26.